The van der Waals surface area contributed by atoms with Crippen molar-refractivity contribution in [3.05, 3.63) is 72.9 Å². The average molecular weight is 1100 g/mol. The van der Waals surface area contributed by atoms with E-state index in [2.05, 4.69) is 87.6 Å². The highest BCUT2D eigenvalue weighted by Crippen LogP contribution is 2.18. The monoisotopic (exact) mass is 1100 g/mol. The zero-order chi connectivity index (χ0) is 57.1. The highest BCUT2D eigenvalue weighted by atomic mass is 16.6. The number of allylic oxidation sites excluding steroid dienone is 12. The molecule has 0 aromatic carbocycles. The topological polar surface area (TPSA) is 78.9 Å². The van der Waals surface area contributed by atoms with Crippen molar-refractivity contribution >= 4 is 17.9 Å². The molecule has 458 valence electrons. The number of carbonyl (C=O) groups is 3. The molecule has 1 atom stereocenters. The number of rotatable bonds is 63. The Kier molecular flexibility index (Phi) is 64.7. The molecule has 0 saturated carbocycles. The van der Waals surface area contributed by atoms with Crippen LogP contribution >= 0.6 is 0 Å². The quantitative estimate of drug-likeness (QED) is 0.0261. The molecule has 0 radical (unpaired) electrons. The zero-order valence-electron chi connectivity index (χ0n) is 52.6. The fourth-order valence-electron chi connectivity index (χ4n) is 10.1. The van der Waals surface area contributed by atoms with E-state index in [1.807, 2.05) is 6.08 Å². The summed E-state index contributed by atoms with van der Waals surface area (Å²) in [6.07, 6.45) is 88.4. The lowest BCUT2D eigenvalue weighted by molar-refractivity contribution is -0.166. The second-order valence-corrected chi connectivity index (χ2v) is 23.1. The SMILES string of the molecule is CC/C=C\C/C=C\C/C=C\C/C=C\CCC(=O)OC(COC(=O)CCCCCCC/C=C\C/C=C\CCC)COC(=O)CCCCCCCCCCCCCCCCCCCCCCCCCCCCCCCCCCCCC. The highest BCUT2D eigenvalue weighted by Gasteiger charge is 2.19. The van der Waals surface area contributed by atoms with Crippen LogP contribution in [0.1, 0.15) is 355 Å². The molecule has 0 bridgehead atoms. The van der Waals surface area contributed by atoms with E-state index in [-0.39, 0.29) is 37.5 Å². The van der Waals surface area contributed by atoms with Crippen LogP contribution < -0.4 is 0 Å². The molecule has 0 aromatic heterocycles. The van der Waals surface area contributed by atoms with Crippen LogP contribution in [0, 0.1) is 0 Å². The lowest BCUT2D eigenvalue weighted by Crippen LogP contribution is -2.30. The van der Waals surface area contributed by atoms with E-state index >= 15 is 0 Å². The molecule has 0 heterocycles. The summed E-state index contributed by atoms with van der Waals surface area (Å²) in [5.74, 6) is -0.991. The van der Waals surface area contributed by atoms with Gasteiger partial charge in [-0.05, 0) is 70.6 Å². The molecule has 0 amide bonds. The predicted octanol–water partition coefficient (Wildman–Crippen LogP) is 23.7. The number of esters is 3. The summed E-state index contributed by atoms with van der Waals surface area (Å²) in [4.78, 5) is 38.2. The fourth-order valence-corrected chi connectivity index (χ4v) is 10.1. The summed E-state index contributed by atoms with van der Waals surface area (Å²) in [5.41, 5.74) is 0. The third kappa shape index (κ3) is 65.5. The Balaban J connectivity index is 4.05. The minimum absolute atomic E-state index is 0.106. The van der Waals surface area contributed by atoms with Crippen LogP contribution in [-0.2, 0) is 28.6 Å². The van der Waals surface area contributed by atoms with Gasteiger partial charge < -0.3 is 14.2 Å². The van der Waals surface area contributed by atoms with E-state index in [1.54, 1.807) is 0 Å². The maximum absolute atomic E-state index is 12.8. The second kappa shape index (κ2) is 67.4. The largest absolute Gasteiger partial charge is 0.462 e. The minimum atomic E-state index is -0.819. The van der Waals surface area contributed by atoms with Gasteiger partial charge in [0, 0.05) is 19.3 Å². The van der Waals surface area contributed by atoms with Crippen LogP contribution in [0.4, 0.5) is 0 Å². The first-order chi connectivity index (χ1) is 39.0. The third-order valence-electron chi connectivity index (χ3n) is 15.2. The molecule has 1 unspecified atom stereocenters. The van der Waals surface area contributed by atoms with Gasteiger partial charge >= 0.3 is 17.9 Å². The van der Waals surface area contributed by atoms with E-state index in [0.29, 0.717) is 19.3 Å². The molecule has 0 saturated heterocycles. The first-order valence-corrected chi connectivity index (χ1v) is 34.4. The van der Waals surface area contributed by atoms with Gasteiger partial charge in [-0.1, -0.05) is 338 Å². The van der Waals surface area contributed by atoms with E-state index in [4.69, 9.17) is 14.2 Å². The van der Waals surface area contributed by atoms with E-state index in [1.165, 1.54) is 212 Å². The number of ether oxygens (including phenoxy) is 3. The van der Waals surface area contributed by atoms with Gasteiger partial charge in [-0.15, -0.1) is 0 Å². The van der Waals surface area contributed by atoms with Gasteiger partial charge in [-0.2, -0.15) is 0 Å². The Morgan fingerprint density at radius 1 is 0.266 bits per heavy atom. The van der Waals surface area contributed by atoms with Gasteiger partial charge in [0.2, 0.25) is 0 Å². The molecule has 0 rings (SSSR count). The Hall–Kier alpha value is -3.15. The lowest BCUT2D eigenvalue weighted by atomic mass is 10.0. The Morgan fingerprint density at radius 2 is 0.544 bits per heavy atom. The lowest BCUT2D eigenvalue weighted by Gasteiger charge is -2.18. The number of hydrogen-bond acceptors (Lipinski definition) is 6. The Labute approximate surface area is 491 Å². The highest BCUT2D eigenvalue weighted by molar-refractivity contribution is 5.71. The van der Waals surface area contributed by atoms with Crippen LogP contribution in [0.15, 0.2) is 72.9 Å². The normalized spacial score (nSPS) is 12.5. The van der Waals surface area contributed by atoms with Gasteiger partial charge in [-0.3, -0.25) is 14.4 Å². The summed E-state index contributed by atoms with van der Waals surface area (Å²) in [6, 6.07) is 0. The molecule has 0 aromatic rings. The first kappa shape index (κ1) is 75.8. The van der Waals surface area contributed by atoms with Crippen molar-refractivity contribution in [3.8, 4) is 0 Å². The molecular formula is C73H130O6. The van der Waals surface area contributed by atoms with Crippen molar-refractivity contribution in [1.29, 1.82) is 0 Å². The van der Waals surface area contributed by atoms with Crippen molar-refractivity contribution in [3.63, 3.8) is 0 Å². The standard InChI is InChI=1S/C73H130O6/c1-4-7-10-13-16-19-22-25-26-27-28-29-30-31-32-33-34-35-36-37-38-39-40-41-42-43-44-45-46-49-51-54-57-60-63-66-72(75)78-69-70(79-73(76)67-64-61-58-55-52-48-24-21-18-15-12-9-6-3)68-77-71(74)65-62-59-56-53-50-47-23-20-17-14-11-8-5-2/h9,11-12,14,18,20-21,23,48,52,58,61,70H,4-8,10,13,15-17,19,22,24-47,49-51,53-57,59-60,62-69H2,1-3H3/b12-9-,14-11-,21-18-,23-20-,52-48-,61-58-. The average Bonchev–Trinajstić information content (AvgIpc) is 3.45. The van der Waals surface area contributed by atoms with E-state index < -0.39 is 6.10 Å². The smallest absolute Gasteiger partial charge is 0.306 e. The second-order valence-electron chi connectivity index (χ2n) is 23.1. The van der Waals surface area contributed by atoms with Gasteiger partial charge in [0.25, 0.3) is 0 Å². The molecule has 0 aliphatic carbocycles. The molecule has 0 fully saturated rings. The number of hydrogen-bond donors (Lipinski definition) is 0. The molecule has 6 nitrogen and oxygen atoms in total. The van der Waals surface area contributed by atoms with Crippen molar-refractivity contribution in [2.75, 3.05) is 13.2 Å². The van der Waals surface area contributed by atoms with Crippen LogP contribution in [-0.4, -0.2) is 37.2 Å². The van der Waals surface area contributed by atoms with Crippen LogP contribution in [0.25, 0.3) is 0 Å². The van der Waals surface area contributed by atoms with Crippen LogP contribution in [0.2, 0.25) is 0 Å². The van der Waals surface area contributed by atoms with Gasteiger partial charge in [0.1, 0.15) is 13.2 Å². The molecular weight excluding hydrogens is 973 g/mol. The van der Waals surface area contributed by atoms with Gasteiger partial charge in [0.05, 0.1) is 0 Å². The molecule has 79 heavy (non-hydrogen) atoms. The van der Waals surface area contributed by atoms with E-state index in [0.717, 1.165) is 96.3 Å². The third-order valence-corrected chi connectivity index (χ3v) is 15.2. The molecule has 0 spiro atoms. The first-order valence-electron chi connectivity index (χ1n) is 34.4. The molecule has 0 aliphatic heterocycles. The van der Waals surface area contributed by atoms with E-state index in [9.17, 15) is 14.4 Å². The summed E-state index contributed by atoms with van der Waals surface area (Å²) in [6.45, 7) is 6.42. The minimum Gasteiger partial charge on any atom is -0.462 e. The van der Waals surface area contributed by atoms with Crippen molar-refractivity contribution in [2.24, 2.45) is 0 Å². The summed E-state index contributed by atoms with van der Waals surface area (Å²) >= 11 is 0. The predicted molar refractivity (Wildman–Crippen MR) is 344 cm³/mol. The summed E-state index contributed by atoms with van der Waals surface area (Å²) < 4.78 is 16.8. The Morgan fingerprint density at radius 3 is 0.873 bits per heavy atom. The van der Waals surface area contributed by atoms with Crippen molar-refractivity contribution < 1.29 is 28.6 Å². The van der Waals surface area contributed by atoms with Gasteiger partial charge in [-0.25, -0.2) is 0 Å². The van der Waals surface area contributed by atoms with Crippen LogP contribution in [0.3, 0.4) is 0 Å². The maximum atomic E-state index is 12.8. The maximum Gasteiger partial charge on any atom is 0.306 e. The van der Waals surface area contributed by atoms with Crippen LogP contribution in [0.5, 0.6) is 0 Å². The summed E-state index contributed by atoms with van der Waals surface area (Å²) in [5, 5.41) is 0. The van der Waals surface area contributed by atoms with Crippen molar-refractivity contribution in [2.45, 2.75) is 361 Å². The number of unbranched alkanes of at least 4 members (excludes halogenated alkanes) is 40. The fraction of sp³-hybridized carbons (Fsp3) is 0.795. The van der Waals surface area contributed by atoms with Gasteiger partial charge in [0.15, 0.2) is 6.10 Å². The molecule has 0 aliphatic rings. The zero-order valence-corrected chi connectivity index (χ0v) is 52.6. The number of carbonyl (C=O) groups excluding carboxylic acids is 3. The molecule has 0 N–H and O–H groups in total. The molecule has 6 heteroatoms. The Bertz CT molecular complexity index is 1450. The summed E-state index contributed by atoms with van der Waals surface area (Å²) in [7, 11) is 0. The van der Waals surface area contributed by atoms with Crippen molar-refractivity contribution in [1.82, 2.24) is 0 Å².